The number of fused-ring (bicyclic) bond motifs is 1. The third-order valence-electron chi connectivity index (χ3n) is 3.85. The first-order chi connectivity index (χ1) is 12.1. The van der Waals surface area contributed by atoms with E-state index in [0.717, 1.165) is 32.9 Å². The molecular formula is C18H19N3O3S. The molecular weight excluding hydrogens is 338 g/mol. The van der Waals surface area contributed by atoms with Gasteiger partial charge in [0.15, 0.2) is 0 Å². The minimum absolute atomic E-state index is 0.0600. The number of carboxylic acids is 1. The summed E-state index contributed by atoms with van der Waals surface area (Å²) in [7, 11) is 1.85. The fourth-order valence-corrected chi connectivity index (χ4v) is 3.54. The Morgan fingerprint density at radius 1 is 1.28 bits per heavy atom. The van der Waals surface area contributed by atoms with Crippen LogP contribution in [0.4, 0.5) is 5.82 Å². The molecule has 0 radical (unpaired) electrons. The van der Waals surface area contributed by atoms with Gasteiger partial charge in [0.1, 0.15) is 22.7 Å². The first kappa shape index (κ1) is 17.2. The lowest BCUT2D eigenvalue weighted by molar-refractivity contribution is -0.136. The molecule has 130 valence electrons. The molecule has 0 bridgehead atoms. The van der Waals surface area contributed by atoms with Crippen molar-refractivity contribution in [2.24, 2.45) is 0 Å². The van der Waals surface area contributed by atoms with Gasteiger partial charge in [0.2, 0.25) is 0 Å². The molecule has 0 amide bonds. The maximum absolute atomic E-state index is 10.9. The van der Waals surface area contributed by atoms with Crippen LogP contribution >= 0.6 is 11.3 Å². The van der Waals surface area contributed by atoms with Gasteiger partial charge < -0.3 is 14.7 Å². The van der Waals surface area contributed by atoms with Crippen molar-refractivity contribution < 1.29 is 14.6 Å². The van der Waals surface area contributed by atoms with Crippen molar-refractivity contribution in [1.82, 2.24) is 9.97 Å². The van der Waals surface area contributed by atoms with Gasteiger partial charge in [-0.05, 0) is 24.6 Å². The van der Waals surface area contributed by atoms with E-state index in [9.17, 15) is 4.79 Å². The van der Waals surface area contributed by atoms with Gasteiger partial charge in [0.05, 0.1) is 18.4 Å². The Hall–Kier alpha value is -2.67. The molecule has 0 fully saturated rings. The Morgan fingerprint density at radius 2 is 2.04 bits per heavy atom. The summed E-state index contributed by atoms with van der Waals surface area (Å²) in [5.74, 6) is 0.756. The molecule has 3 rings (SSSR count). The number of ether oxygens (including phenoxy) is 1. The summed E-state index contributed by atoms with van der Waals surface area (Å²) >= 11 is 1.55. The van der Waals surface area contributed by atoms with E-state index < -0.39 is 5.97 Å². The van der Waals surface area contributed by atoms with Gasteiger partial charge in [-0.3, -0.25) is 4.79 Å². The van der Waals surface area contributed by atoms with Crippen molar-refractivity contribution in [3.05, 3.63) is 36.0 Å². The second kappa shape index (κ2) is 7.48. The first-order valence-corrected chi connectivity index (χ1v) is 8.86. The molecule has 0 saturated carbocycles. The number of aromatic nitrogens is 2. The Balaban J connectivity index is 2.00. The predicted octanol–water partition coefficient (Wildman–Crippen LogP) is 3.67. The molecule has 7 heteroatoms. The molecule has 1 N–H and O–H groups in total. The largest absolute Gasteiger partial charge is 0.494 e. The second-order valence-electron chi connectivity index (χ2n) is 5.55. The summed E-state index contributed by atoms with van der Waals surface area (Å²) in [6, 6.07) is 7.92. The Kier molecular flexibility index (Phi) is 5.14. The summed E-state index contributed by atoms with van der Waals surface area (Å²) in [6.07, 6.45) is 1.58. The van der Waals surface area contributed by atoms with Crippen molar-refractivity contribution >= 4 is 33.3 Å². The molecule has 0 aliphatic rings. The van der Waals surface area contributed by atoms with Gasteiger partial charge in [-0.15, -0.1) is 11.3 Å². The highest BCUT2D eigenvalue weighted by atomic mass is 32.1. The van der Waals surface area contributed by atoms with Crippen LogP contribution in [0.1, 0.15) is 13.3 Å². The van der Waals surface area contributed by atoms with Crippen molar-refractivity contribution in [1.29, 1.82) is 0 Å². The van der Waals surface area contributed by atoms with Gasteiger partial charge in [-0.2, -0.15) is 0 Å². The number of hydrogen-bond acceptors (Lipinski definition) is 6. The summed E-state index contributed by atoms with van der Waals surface area (Å²) in [5.41, 5.74) is 2.10. The first-order valence-electron chi connectivity index (χ1n) is 7.98. The van der Waals surface area contributed by atoms with E-state index in [-0.39, 0.29) is 6.42 Å². The highest BCUT2D eigenvalue weighted by molar-refractivity contribution is 7.17. The van der Waals surface area contributed by atoms with Gasteiger partial charge in [-0.1, -0.05) is 12.1 Å². The lowest BCUT2D eigenvalue weighted by Gasteiger charge is -2.18. The molecule has 0 saturated heterocycles. The molecule has 2 heterocycles. The maximum Gasteiger partial charge on any atom is 0.305 e. The summed E-state index contributed by atoms with van der Waals surface area (Å²) in [5, 5.41) is 11.9. The van der Waals surface area contributed by atoms with Gasteiger partial charge in [0, 0.05) is 24.5 Å². The SMILES string of the molecule is CCOc1ccc(-c2csc3ncnc(N(C)CCC(=O)O)c23)cc1. The van der Waals surface area contributed by atoms with Crippen LogP contribution in [-0.4, -0.2) is 41.2 Å². The standard InChI is InChI=1S/C18H19N3O3S/c1-3-24-13-6-4-12(5-7-13)14-10-25-18-16(14)17(19-11-20-18)21(2)9-8-15(22)23/h4-7,10-11H,3,8-9H2,1-2H3,(H,22,23). The van der Waals surface area contributed by atoms with Crippen molar-refractivity contribution in [3.63, 3.8) is 0 Å². The van der Waals surface area contributed by atoms with Crippen LogP contribution in [0.3, 0.4) is 0 Å². The summed E-state index contributed by atoms with van der Waals surface area (Å²) in [6.45, 7) is 2.98. The van der Waals surface area contributed by atoms with E-state index in [0.29, 0.717) is 13.2 Å². The molecule has 2 aromatic heterocycles. The van der Waals surface area contributed by atoms with Gasteiger partial charge in [0.25, 0.3) is 0 Å². The second-order valence-corrected chi connectivity index (χ2v) is 6.41. The van der Waals surface area contributed by atoms with E-state index in [2.05, 4.69) is 15.3 Å². The average Bonchev–Trinajstić information content (AvgIpc) is 3.05. The third kappa shape index (κ3) is 3.71. The highest BCUT2D eigenvalue weighted by Gasteiger charge is 2.16. The number of aliphatic carboxylic acids is 1. The molecule has 6 nitrogen and oxygen atoms in total. The minimum Gasteiger partial charge on any atom is -0.494 e. The number of rotatable bonds is 7. The lowest BCUT2D eigenvalue weighted by Crippen LogP contribution is -2.22. The topological polar surface area (TPSA) is 75.6 Å². The van der Waals surface area contributed by atoms with E-state index in [1.165, 1.54) is 6.33 Å². The summed E-state index contributed by atoms with van der Waals surface area (Å²) < 4.78 is 5.50. The molecule has 0 unspecified atom stereocenters. The third-order valence-corrected chi connectivity index (χ3v) is 4.74. The highest BCUT2D eigenvalue weighted by Crippen LogP contribution is 2.38. The molecule has 0 atom stereocenters. The van der Waals surface area contributed by atoms with Crippen LogP contribution in [0.2, 0.25) is 0 Å². The Morgan fingerprint density at radius 3 is 2.72 bits per heavy atom. The summed E-state index contributed by atoms with van der Waals surface area (Å²) in [4.78, 5) is 22.3. The number of nitrogens with zero attached hydrogens (tertiary/aromatic N) is 3. The zero-order valence-electron chi connectivity index (χ0n) is 14.1. The van der Waals surface area contributed by atoms with E-state index >= 15 is 0 Å². The van der Waals surface area contributed by atoms with E-state index in [1.807, 2.05) is 43.1 Å². The fourth-order valence-electron chi connectivity index (χ4n) is 2.63. The lowest BCUT2D eigenvalue weighted by atomic mass is 10.1. The number of anilines is 1. The van der Waals surface area contributed by atoms with Crippen LogP contribution in [-0.2, 0) is 4.79 Å². The molecule has 25 heavy (non-hydrogen) atoms. The smallest absolute Gasteiger partial charge is 0.305 e. The van der Waals surface area contributed by atoms with E-state index in [4.69, 9.17) is 9.84 Å². The van der Waals surface area contributed by atoms with Gasteiger partial charge in [-0.25, -0.2) is 9.97 Å². The monoisotopic (exact) mass is 357 g/mol. The molecule has 1 aromatic carbocycles. The molecule has 0 aliphatic carbocycles. The zero-order chi connectivity index (χ0) is 17.8. The molecule has 0 aliphatic heterocycles. The number of benzene rings is 1. The number of thiophene rings is 1. The normalized spacial score (nSPS) is 10.8. The van der Waals surface area contributed by atoms with Crippen molar-refractivity contribution in [2.45, 2.75) is 13.3 Å². The Labute approximate surface area is 149 Å². The average molecular weight is 357 g/mol. The Bertz CT molecular complexity index is 877. The minimum atomic E-state index is -0.825. The number of carbonyl (C=O) groups is 1. The molecule has 0 spiro atoms. The molecule has 3 aromatic rings. The maximum atomic E-state index is 10.9. The van der Waals surface area contributed by atoms with Crippen LogP contribution in [0, 0.1) is 0 Å². The van der Waals surface area contributed by atoms with Crippen LogP contribution in [0.25, 0.3) is 21.3 Å². The van der Waals surface area contributed by atoms with Crippen molar-refractivity contribution in [2.75, 3.05) is 25.1 Å². The van der Waals surface area contributed by atoms with E-state index in [1.54, 1.807) is 11.3 Å². The quantitative estimate of drug-likeness (QED) is 0.695. The van der Waals surface area contributed by atoms with Gasteiger partial charge >= 0.3 is 5.97 Å². The fraction of sp³-hybridized carbons (Fsp3) is 0.278. The van der Waals surface area contributed by atoms with Crippen molar-refractivity contribution in [3.8, 4) is 16.9 Å². The zero-order valence-corrected chi connectivity index (χ0v) is 14.9. The predicted molar refractivity (Wildman–Crippen MR) is 99.5 cm³/mol. The number of hydrogen-bond donors (Lipinski definition) is 1. The number of carboxylic acid groups (broad SMARTS) is 1. The van der Waals surface area contributed by atoms with Crippen LogP contribution < -0.4 is 9.64 Å². The van der Waals surface area contributed by atoms with Crippen LogP contribution in [0.5, 0.6) is 5.75 Å². The van der Waals surface area contributed by atoms with Crippen LogP contribution in [0.15, 0.2) is 36.0 Å².